The number of halogens is 2. The highest BCUT2D eigenvalue weighted by atomic mass is 32.1. The maximum Gasteiger partial charge on any atom is 0.258 e. The van der Waals surface area contributed by atoms with Crippen molar-refractivity contribution < 1.29 is 13.3 Å². The van der Waals surface area contributed by atoms with E-state index >= 15 is 0 Å². The molecule has 1 aliphatic heterocycles. The Morgan fingerprint density at radius 2 is 1.66 bits per heavy atom. The molecule has 1 aromatic heterocycles. The summed E-state index contributed by atoms with van der Waals surface area (Å²) in [6.45, 7) is 4.36. The quantitative estimate of drug-likeness (QED) is 0.338. The van der Waals surface area contributed by atoms with E-state index in [-0.39, 0.29) is 11.6 Å². The van der Waals surface area contributed by atoms with Gasteiger partial charge in [-0.2, -0.15) is 4.98 Å². The largest absolute Gasteiger partial charge is 0.351 e. The van der Waals surface area contributed by atoms with E-state index in [1.807, 2.05) is 43.0 Å². The van der Waals surface area contributed by atoms with Crippen LogP contribution in [0, 0.1) is 18.6 Å². The Morgan fingerprint density at radius 3 is 2.34 bits per heavy atom. The van der Waals surface area contributed by atoms with E-state index in [0.29, 0.717) is 23.4 Å². The van der Waals surface area contributed by atoms with Crippen molar-refractivity contribution >= 4 is 22.9 Å². The number of nitrogens with zero attached hydrogens (tertiary/aromatic N) is 3. The first-order chi connectivity index (χ1) is 16.9. The second kappa shape index (κ2) is 9.38. The van der Waals surface area contributed by atoms with E-state index in [2.05, 4.69) is 10.5 Å². The number of benzene rings is 3. The van der Waals surface area contributed by atoms with E-state index in [1.54, 1.807) is 24.3 Å². The Labute approximate surface area is 207 Å². The fraction of sp³-hybridized carbons (Fsp3) is 0.148. The zero-order valence-corrected chi connectivity index (χ0v) is 19.9. The normalized spacial score (nSPS) is 15.9. The molecule has 0 spiro atoms. The Balaban J connectivity index is 1.59. The van der Waals surface area contributed by atoms with Crippen LogP contribution in [-0.4, -0.2) is 20.2 Å². The van der Waals surface area contributed by atoms with Crippen LogP contribution in [0.1, 0.15) is 35.5 Å². The molecule has 0 fully saturated rings. The van der Waals surface area contributed by atoms with Crippen LogP contribution >= 0.6 is 12.2 Å². The van der Waals surface area contributed by atoms with E-state index < -0.39 is 6.04 Å². The lowest BCUT2D eigenvalue weighted by atomic mass is 9.94. The number of hydrogen-bond acceptors (Lipinski definition) is 4. The Morgan fingerprint density at radius 1 is 0.971 bits per heavy atom. The van der Waals surface area contributed by atoms with Gasteiger partial charge in [-0.1, -0.05) is 53.2 Å². The van der Waals surface area contributed by atoms with Gasteiger partial charge in [-0.15, -0.1) is 0 Å². The lowest BCUT2D eigenvalue weighted by Gasteiger charge is -2.37. The summed E-state index contributed by atoms with van der Waals surface area (Å²) in [7, 11) is 0. The second-order valence-corrected chi connectivity index (χ2v) is 8.83. The molecule has 0 saturated carbocycles. The molecule has 176 valence electrons. The second-order valence-electron chi connectivity index (χ2n) is 8.44. The molecule has 0 amide bonds. The van der Waals surface area contributed by atoms with Crippen molar-refractivity contribution in [1.29, 1.82) is 0 Å². The number of aromatic nitrogens is 2. The summed E-state index contributed by atoms with van der Waals surface area (Å²) in [5, 5.41) is 8.05. The van der Waals surface area contributed by atoms with Gasteiger partial charge in [0.15, 0.2) is 5.11 Å². The minimum atomic E-state index is -0.418. The molecule has 3 aromatic carbocycles. The standard InChI is InChI=1S/C27H22F2N4OS/c1-16-4-3-5-20(14-16)25-31-26(34-32-25)23-17(2)33(15-18-6-10-21(28)11-7-18)27(35)30-24(23)19-8-12-22(29)13-9-19/h3-14,24H,15H2,1-2H3,(H,30,35). The number of thiocarbonyl (C=S) groups is 1. The highest BCUT2D eigenvalue weighted by Crippen LogP contribution is 2.38. The van der Waals surface area contributed by atoms with Crippen LogP contribution in [-0.2, 0) is 6.54 Å². The molecule has 35 heavy (non-hydrogen) atoms. The topological polar surface area (TPSA) is 54.2 Å². The predicted octanol–water partition coefficient (Wildman–Crippen LogP) is 6.19. The Kier molecular flexibility index (Phi) is 6.13. The third-order valence-corrected chi connectivity index (χ3v) is 6.32. The molecule has 1 aliphatic rings. The van der Waals surface area contributed by atoms with E-state index in [1.165, 1.54) is 24.3 Å². The van der Waals surface area contributed by atoms with Crippen molar-refractivity contribution in [2.45, 2.75) is 26.4 Å². The highest BCUT2D eigenvalue weighted by molar-refractivity contribution is 7.80. The summed E-state index contributed by atoms with van der Waals surface area (Å²) < 4.78 is 32.8. The van der Waals surface area contributed by atoms with Crippen LogP contribution < -0.4 is 5.32 Å². The molecule has 8 heteroatoms. The minimum Gasteiger partial charge on any atom is -0.351 e. The van der Waals surface area contributed by atoms with E-state index in [9.17, 15) is 8.78 Å². The van der Waals surface area contributed by atoms with Crippen LogP contribution in [0.2, 0.25) is 0 Å². The van der Waals surface area contributed by atoms with Crippen molar-refractivity contribution in [2.24, 2.45) is 0 Å². The lowest BCUT2D eigenvalue weighted by Crippen LogP contribution is -2.45. The van der Waals surface area contributed by atoms with Gasteiger partial charge < -0.3 is 14.7 Å². The molecule has 1 N–H and O–H groups in total. The van der Waals surface area contributed by atoms with Crippen molar-refractivity contribution in [3.8, 4) is 11.4 Å². The van der Waals surface area contributed by atoms with Gasteiger partial charge in [0, 0.05) is 17.8 Å². The van der Waals surface area contributed by atoms with Crippen LogP contribution in [0.3, 0.4) is 0 Å². The van der Waals surface area contributed by atoms with Crippen LogP contribution in [0.5, 0.6) is 0 Å². The third-order valence-electron chi connectivity index (χ3n) is 5.99. The van der Waals surface area contributed by atoms with Gasteiger partial charge in [-0.3, -0.25) is 0 Å². The number of rotatable bonds is 5. The molecule has 1 unspecified atom stereocenters. The van der Waals surface area contributed by atoms with Crippen LogP contribution in [0.15, 0.2) is 83.0 Å². The van der Waals surface area contributed by atoms with Crippen LogP contribution in [0.25, 0.3) is 17.0 Å². The molecule has 0 saturated heterocycles. The molecule has 0 aliphatic carbocycles. The average Bonchev–Trinajstić information content (AvgIpc) is 3.33. The van der Waals surface area contributed by atoms with Crippen molar-refractivity contribution in [3.05, 3.63) is 113 Å². The Hall–Kier alpha value is -3.91. The van der Waals surface area contributed by atoms with Gasteiger partial charge in [0.25, 0.3) is 5.89 Å². The number of aryl methyl sites for hydroxylation is 1. The molecular weight excluding hydrogens is 466 g/mol. The minimum absolute atomic E-state index is 0.299. The van der Waals surface area contributed by atoms with Crippen LogP contribution in [0.4, 0.5) is 8.78 Å². The zero-order chi connectivity index (χ0) is 24.5. The first-order valence-corrected chi connectivity index (χ1v) is 11.5. The molecule has 5 nitrogen and oxygen atoms in total. The third kappa shape index (κ3) is 4.70. The number of allylic oxidation sites excluding steroid dienone is 1. The van der Waals surface area contributed by atoms with Gasteiger partial charge in [0.2, 0.25) is 5.82 Å². The summed E-state index contributed by atoms with van der Waals surface area (Å²) in [5.74, 6) is 0.186. The molecular formula is C27H22F2N4OS. The SMILES string of the molecule is CC1=C(c2nc(-c3cccc(C)c3)no2)C(c2ccc(F)cc2)NC(=S)N1Cc1ccc(F)cc1. The van der Waals surface area contributed by atoms with Crippen molar-refractivity contribution in [2.75, 3.05) is 0 Å². The van der Waals surface area contributed by atoms with E-state index in [4.69, 9.17) is 21.7 Å². The lowest BCUT2D eigenvalue weighted by molar-refractivity contribution is 0.396. The molecule has 0 bridgehead atoms. The molecule has 5 rings (SSSR count). The molecule has 0 radical (unpaired) electrons. The maximum atomic E-state index is 13.6. The Bertz CT molecular complexity index is 1410. The smallest absolute Gasteiger partial charge is 0.258 e. The van der Waals surface area contributed by atoms with Gasteiger partial charge in [-0.05, 0) is 67.5 Å². The molecule has 2 heterocycles. The van der Waals surface area contributed by atoms with Crippen molar-refractivity contribution in [1.82, 2.24) is 20.4 Å². The van der Waals surface area contributed by atoms with Gasteiger partial charge in [-0.25, -0.2) is 8.78 Å². The van der Waals surface area contributed by atoms with Gasteiger partial charge in [0.1, 0.15) is 11.6 Å². The first kappa shape index (κ1) is 22.9. The summed E-state index contributed by atoms with van der Waals surface area (Å²) in [6, 6.07) is 19.9. The fourth-order valence-electron chi connectivity index (χ4n) is 4.16. The summed E-state index contributed by atoms with van der Waals surface area (Å²) in [6.07, 6.45) is 0. The molecule has 1 atom stereocenters. The number of hydrogen-bond donors (Lipinski definition) is 1. The van der Waals surface area contributed by atoms with Gasteiger partial charge in [0.05, 0.1) is 11.6 Å². The predicted molar refractivity (Wildman–Crippen MR) is 134 cm³/mol. The average molecular weight is 489 g/mol. The van der Waals surface area contributed by atoms with Crippen molar-refractivity contribution in [3.63, 3.8) is 0 Å². The zero-order valence-electron chi connectivity index (χ0n) is 19.1. The summed E-state index contributed by atoms with van der Waals surface area (Å²) >= 11 is 5.70. The van der Waals surface area contributed by atoms with E-state index in [0.717, 1.165) is 33.5 Å². The first-order valence-electron chi connectivity index (χ1n) is 11.1. The maximum absolute atomic E-state index is 13.6. The monoisotopic (exact) mass is 488 g/mol. The summed E-state index contributed by atoms with van der Waals surface area (Å²) in [4.78, 5) is 6.61. The molecule has 4 aromatic rings. The number of nitrogens with one attached hydrogen (secondary N) is 1. The highest BCUT2D eigenvalue weighted by Gasteiger charge is 2.34. The van der Waals surface area contributed by atoms with Gasteiger partial charge >= 0.3 is 0 Å². The fourth-order valence-corrected chi connectivity index (χ4v) is 4.48. The summed E-state index contributed by atoms with van der Waals surface area (Å²) in [5.41, 5.74) is 5.17.